The number of rotatable bonds is 8. The van der Waals surface area contributed by atoms with Gasteiger partial charge in [-0.1, -0.05) is 11.6 Å². The van der Waals surface area contributed by atoms with Gasteiger partial charge in [0.1, 0.15) is 11.6 Å². The van der Waals surface area contributed by atoms with E-state index in [2.05, 4.69) is 15.6 Å². The Morgan fingerprint density at radius 3 is 2.12 bits per heavy atom. The molecule has 7 nitrogen and oxygen atoms in total. The second-order valence-electron chi connectivity index (χ2n) is 8.61. The molecule has 0 aliphatic heterocycles. The van der Waals surface area contributed by atoms with E-state index in [4.69, 9.17) is 21.1 Å². The van der Waals surface area contributed by atoms with Gasteiger partial charge in [-0.3, -0.25) is 9.59 Å². The maximum atomic E-state index is 13.4. The summed E-state index contributed by atoms with van der Waals surface area (Å²) in [6.07, 6.45) is -3.04. The van der Waals surface area contributed by atoms with Gasteiger partial charge in [0.05, 0.1) is 10.6 Å². The lowest BCUT2D eigenvalue weighted by Gasteiger charge is -2.53. The molecular weight excluding hydrogens is 482 g/mol. The number of hydrogen-bond donors (Lipinski definition) is 2. The molecule has 2 aromatic rings. The lowest BCUT2D eigenvalue weighted by atomic mass is 9.64. The highest BCUT2D eigenvalue weighted by atomic mass is 35.5. The molecule has 1 aliphatic carbocycles. The van der Waals surface area contributed by atoms with Crippen LogP contribution in [0.3, 0.4) is 0 Å². The molecule has 12 heteroatoms. The zero-order chi connectivity index (χ0) is 25.1. The third-order valence-electron chi connectivity index (χ3n) is 5.12. The molecule has 0 radical (unpaired) electrons. The van der Waals surface area contributed by atoms with E-state index in [1.807, 2.05) is 6.92 Å². The van der Waals surface area contributed by atoms with Crippen molar-refractivity contribution < 1.29 is 36.6 Å². The number of alkyl halides is 3. The summed E-state index contributed by atoms with van der Waals surface area (Å²) in [6, 6.07) is 5.69. The third-order valence-corrected chi connectivity index (χ3v) is 5.43. The summed E-state index contributed by atoms with van der Waals surface area (Å²) in [5, 5.41) is 5.56. The molecule has 0 bridgehead atoms. The van der Waals surface area contributed by atoms with Crippen molar-refractivity contribution in [3.8, 4) is 11.6 Å². The standard InChI is InChI=1S/C22H22ClF4N3O4/c1-20(29-17(31)9-33-14-4-5-15(23)16(24)7-14)11-21(2,12-20)30-18(32)10-34-19-6-3-13(8-28-19)22(25,26)27/h3-8H,9-12H2,1-2H3,(H,29,31)(H,30,32). The number of aromatic nitrogens is 1. The number of carbonyl (C=O) groups is 2. The highest BCUT2D eigenvalue weighted by molar-refractivity contribution is 6.30. The van der Waals surface area contributed by atoms with E-state index in [1.165, 1.54) is 12.1 Å². The highest BCUT2D eigenvalue weighted by Crippen LogP contribution is 2.40. The smallest absolute Gasteiger partial charge is 0.417 e. The molecule has 34 heavy (non-hydrogen) atoms. The van der Waals surface area contributed by atoms with Crippen LogP contribution in [-0.4, -0.2) is 41.1 Å². The number of ether oxygens (including phenoxy) is 2. The van der Waals surface area contributed by atoms with Crippen molar-refractivity contribution in [1.29, 1.82) is 0 Å². The second-order valence-corrected chi connectivity index (χ2v) is 9.01. The minimum Gasteiger partial charge on any atom is -0.484 e. The summed E-state index contributed by atoms with van der Waals surface area (Å²) in [6.45, 7) is 2.85. The van der Waals surface area contributed by atoms with Crippen LogP contribution in [0.15, 0.2) is 36.5 Å². The Morgan fingerprint density at radius 1 is 1.03 bits per heavy atom. The first-order valence-corrected chi connectivity index (χ1v) is 10.5. The van der Waals surface area contributed by atoms with Crippen LogP contribution in [0.5, 0.6) is 11.6 Å². The van der Waals surface area contributed by atoms with Crippen molar-refractivity contribution in [2.75, 3.05) is 13.2 Å². The topological polar surface area (TPSA) is 89.6 Å². The van der Waals surface area contributed by atoms with Crippen LogP contribution in [0.4, 0.5) is 17.6 Å². The van der Waals surface area contributed by atoms with E-state index in [0.717, 1.165) is 18.2 Å². The van der Waals surface area contributed by atoms with Crippen LogP contribution >= 0.6 is 11.6 Å². The molecule has 0 atom stereocenters. The maximum absolute atomic E-state index is 13.4. The van der Waals surface area contributed by atoms with Gasteiger partial charge in [-0.15, -0.1) is 0 Å². The van der Waals surface area contributed by atoms with E-state index in [0.29, 0.717) is 19.0 Å². The molecule has 0 saturated heterocycles. The van der Waals surface area contributed by atoms with Gasteiger partial charge in [-0.2, -0.15) is 13.2 Å². The predicted octanol–water partition coefficient (Wildman–Crippen LogP) is 3.89. The average Bonchev–Trinajstić information content (AvgIpc) is 2.71. The fraction of sp³-hybridized carbons (Fsp3) is 0.409. The van der Waals surface area contributed by atoms with Crippen molar-refractivity contribution in [3.63, 3.8) is 0 Å². The Labute approximate surface area is 197 Å². The zero-order valence-corrected chi connectivity index (χ0v) is 19.0. The summed E-state index contributed by atoms with van der Waals surface area (Å²) in [5.74, 6) is -1.50. The fourth-order valence-corrected chi connectivity index (χ4v) is 4.20. The third kappa shape index (κ3) is 6.72. The Morgan fingerprint density at radius 2 is 1.62 bits per heavy atom. The van der Waals surface area contributed by atoms with Gasteiger partial charge in [0.15, 0.2) is 13.2 Å². The van der Waals surface area contributed by atoms with Crippen molar-refractivity contribution >= 4 is 23.4 Å². The normalized spacial score (nSPS) is 21.9. The van der Waals surface area contributed by atoms with Crippen LogP contribution < -0.4 is 20.1 Å². The zero-order valence-electron chi connectivity index (χ0n) is 18.3. The fourth-order valence-electron chi connectivity index (χ4n) is 4.08. The number of halogens is 5. The van der Waals surface area contributed by atoms with E-state index >= 15 is 0 Å². The maximum Gasteiger partial charge on any atom is 0.417 e. The Balaban J connectivity index is 1.41. The molecule has 1 aromatic heterocycles. The molecule has 1 heterocycles. The van der Waals surface area contributed by atoms with Gasteiger partial charge in [0.25, 0.3) is 11.8 Å². The van der Waals surface area contributed by atoms with Crippen LogP contribution in [0, 0.1) is 5.82 Å². The molecule has 184 valence electrons. The number of hydrogen-bond acceptors (Lipinski definition) is 5. The summed E-state index contributed by atoms with van der Waals surface area (Å²) in [4.78, 5) is 28.0. The monoisotopic (exact) mass is 503 g/mol. The Kier molecular flexibility index (Phi) is 7.25. The minimum atomic E-state index is -4.51. The molecule has 3 rings (SSSR count). The number of pyridine rings is 1. The van der Waals surface area contributed by atoms with Crippen molar-refractivity contribution in [2.24, 2.45) is 0 Å². The minimum absolute atomic E-state index is 0.0545. The van der Waals surface area contributed by atoms with Crippen LogP contribution in [0.2, 0.25) is 5.02 Å². The van der Waals surface area contributed by atoms with Gasteiger partial charge in [-0.05, 0) is 44.9 Å². The summed E-state index contributed by atoms with van der Waals surface area (Å²) < 4.78 is 61.5. The van der Waals surface area contributed by atoms with Crippen LogP contribution in [0.1, 0.15) is 32.3 Å². The lowest BCUT2D eigenvalue weighted by Crippen LogP contribution is -2.69. The largest absolute Gasteiger partial charge is 0.484 e. The average molecular weight is 504 g/mol. The molecular formula is C22H22ClF4N3O4. The van der Waals surface area contributed by atoms with E-state index in [9.17, 15) is 27.2 Å². The lowest BCUT2D eigenvalue weighted by molar-refractivity contribution is -0.138. The number of nitrogens with zero attached hydrogens (tertiary/aromatic N) is 1. The van der Waals surface area contributed by atoms with Crippen LogP contribution in [-0.2, 0) is 15.8 Å². The highest BCUT2D eigenvalue weighted by Gasteiger charge is 2.50. The molecule has 2 amide bonds. The second kappa shape index (κ2) is 9.65. The summed E-state index contributed by atoms with van der Waals surface area (Å²) >= 11 is 5.60. The van der Waals surface area contributed by atoms with Gasteiger partial charge in [0.2, 0.25) is 5.88 Å². The van der Waals surface area contributed by atoms with E-state index < -0.39 is 47.1 Å². The van der Waals surface area contributed by atoms with Gasteiger partial charge in [-0.25, -0.2) is 9.37 Å². The van der Waals surface area contributed by atoms with Crippen molar-refractivity contribution in [2.45, 2.75) is 43.9 Å². The van der Waals surface area contributed by atoms with E-state index in [1.54, 1.807) is 6.92 Å². The number of benzene rings is 1. The quantitative estimate of drug-likeness (QED) is 0.533. The summed E-state index contributed by atoms with van der Waals surface area (Å²) in [7, 11) is 0. The Bertz CT molecular complexity index is 1060. The Hall–Kier alpha value is -3.08. The first kappa shape index (κ1) is 25.5. The molecule has 1 fully saturated rings. The molecule has 1 aliphatic rings. The summed E-state index contributed by atoms with van der Waals surface area (Å²) in [5.41, 5.74) is -2.13. The van der Waals surface area contributed by atoms with Gasteiger partial charge >= 0.3 is 6.18 Å². The molecule has 0 unspecified atom stereocenters. The molecule has 1 aromatic carbocycles. The molecule has 0 spiro atoms. The van der Waals surface area contributed by atoms with Gasteiger partial charge in [0, 0.05) is 29.4 Å². The number of nitrogens with one attached hydrogen (secondary N) is 2. The van der Waals surface area contributed by atoms with Gasteiger partial charge < -0.3 is 20.1 Å². The van der Waals surface area contributed by atoms with E-state index in [-0.39, 0.29) is 23.3 Å². The van der Waals surface area contributed by atoms with Crippen molar-refractivity contribution in [1.82, 2.24) is 15.6 Å². The SMILES string of the molecule is CC1(NC(=O)COc2ccc(Cl)c(F)c2)CC(C)(NC(=O)COc2ccc(C(F)(F)F)cn2)C1. The first-order valence-electron chi connectivity index (χ1n) is 10.1. The number of amides is 2. The predicted molar refractivity (Wildman–Crippen MR) is 114 cm³/mol. The van der Waals surface area contributed by atoms with Crippen molar-refractivity contribution in [3.05, 3.63) is 52.9 Å². The number of carbonyl (C=O) groups excluding carboxylic acids is 2. The molecule has 2 N–H and O–H groups in total. The first-order chi connectivity index (χ1) is 15.8. The van der Waals surface area contributed by atoms with Crippen LogP contribution in [0.25, 0.3) is 0 Å². The molecule has 1 saturated carbocycles.